The fraction of sp³-hybridized carbons (Fsp3) is 0.714. The molecule has 114 valence electrons. The molecular weight excluding hydrogens is 274 g/mol. The van der Waals surface area contributed by atoms with E-state index >= 15 is 0 Å². The van der Waals surface area contributed by atoms with Crippen LogP contribution >= 0.6 is 11.6 Å². The van der Waals surface area contributed by atoms with E-state index in [0.717, 1.165) is 26.1 Å². The second kappa shape index (κ2) is 7.64. The van der Waals surface area contributed by atoms with Crippen LogP contribution in [-0.2, 0) is 0 Å². The summed E-state index contributed by atoms with van der Waals surface area (Å²) in [5.74, 6) is 1.30. The third-order valence-electron chi connectivity index (χ3n) is 2.76. The molecule has 5 nitrogen and oxygen atoms in total. The Hall–Kier alpha value is -1.07. The summed E-state index contributed by atoms with van der Waals surface area (Å²) in [6, 6.07) is 0. The summed E-state index contributed by atoms with van der Waals surface area (Å²) >= 11 is 6.14. The summed E-state index contributed by atoms with van der Waals surface area (Å²) < 4.78 is 0. The van der Waals surface area contributed by atoms with Crippen molar-refractivity contribution in [2.24, 2.45) is 5.41 Å². The van der Waals surface area contributed by atoms with Gasteiger partial charge in [0.15, 0.2) is 5.82 Å². The Morgan fingerprint density at radius 2 is 2.00 bits per heavy atom. The van der Waals surface area contributed by atoms with Crippen LogP contribution in [-0.4, -0.2) is 48.6 Å². The van der Waals surface area contributed by atoms with Gasteiger partial charge < -0.3 is 15.5 Å². The van der Waals surface area contributed by atoms with Gasteiger partial charge in [0.25, 0.3) is 0 Å². The van der Waals surface area contributed by atoms with Gasteiger partial charge in [-0.1, -0.05) is 32.4 Å². The van der Waals surface area contributed by atoms with Crippen molar-refractivity contribution in [2.75, 3.05) is 44.4 Å². The van der Waals surface area contributed by atoms with E-state index in [-0.39, 0.29) is 5.41 Å². The highest BCUT2D eigenvalue weighted by Crippen LogP contribution is 2.22. The summed E-state index contributed by atoms with van der Waals surface area (Å²) in [5.41, 5.74) is 0.134. The summed E-state index contributed by atoms with van der Waals surface area (Å²) in [6.07, 6.45) is 2.67. The number of nitrogens with zero attached hydrogens (tertiary/aromatic N) is 3. The minimum Gasteiger partial charge on any atom is -0.368 e. The van der Waals surface area contributed by atoms with E-state index < -0.39 is 0 Å². The first kappa shape index (κ1) is 17.0. The largest absolute Gasteiger partial charge is 0.368 e. The molecule has 0 fully saturated rings. The van der Waals surface area contributed by atoms with Gasteiger partial charge in [0, 0.05) is 19.6 Å². The Bertz CT molecular complexity index is 420. The zero-order valence-electron chi connectivity index (χ0n) is 13.1. The van der Waals surface area contributed by atoms with Crippen LogP contribution in [0.2, 0.25) is 5.02 Å². The predicted octanol–water partition coefficient (Wildman–Crippen LogP) is 2.95. The van der Waals surface area contributed by atoms with E-state index in [2.05, 4.69) is 60.4 Å². The topological polar surface area (TPSA) is 53.1 Å². The number of hydrogen-bond donors (Lipinski definition) is 2. The van der Waals surface area contributed by atoms with Crippen molar-refractivity contribution in [3.8, 4) is 0 Å². The molecule has 0 bridgehead atoms. The Morgan fingerprint density at radius 1 is 1.30 bits per heavy atom. The maximum Gasteiger partial charge on any atom is 0.224 e. The lowest BCUT2D eigenvalue weighted by molar-refractivity contribution is 0.254. The number of hydrogen-bond acceptors (Lipinski definition) is 5. The minimum absolute atomic E-state index is 0.134. The minimum atomic E-state index is 0.134. The smallest absolute Gasteiger partial charge is 0.224 e. The van der Waals surface area contributed by atoms with Crippen LogP contribution in [0.1, 0.15) is 27.2 Å². The van der Waals surface area contributed by atoms with Crippen LogP contribution in [0.25, 0.3) is 0 Å². The highest BCUT2D eigenvalue weighted by molar-refractivity contribution is 6.32. The van der Waals surface area contributed by atoms with Crippen LogP contribution in [0.3, 0.4) is 0 Å². The van der Waals surface area contributed by atoms with Gasteiger partial charge in [-0.05, 0) is 25.9 Å². The molecule has 0 saturated carbocycles. The molecule has 2 N–H and O–H groups in total. The Morgan fingerprint density at radius 3 is 2.60 bits per heavy atom. The van der Waals surface area contributed by atoms with E-state index in [1.54, 1.807) is 6.20 Å². The molecule has 6 heteroatoms. The van der Waals surface area contributed by atoms with Crippen LogP contribution in [0.4, 0.5) is 11.8 Å². The van der Waals surface area contributed by atoms with Crippen molar-refractivity contribution in [2.45, 2.75) is 27.2 Å². The molecule has 1 aromatic heterocycles. The van der Waals surface area contributed by atoms with E-state index in [0.29, 0.717) is 16.8 Å². The van der Waals surface area contributed by atoms with Gasteiger partial charge in [0.1, 0.15) is 5.02 Å². The summed E-state index contributed by atoms with van der Waals surface area (Å²) in [5, 5.41) is 7.04. The van der Waals surface area contributed by atoms with E-state index in [1.807, 2.05) is 0 Å². The molecule has 20 heavy (non-hydrogen) atoms. The second-order valence-electron chi connectivity index (χ2n) is 6.07. The standard InChI is InChI=1S/C14H26ClN5/c1-6-7-16-13-17-8-11(15)12(19-13)18-9-14(2,3)10-20(4)5/h8H,6-7,9-10H2,1-5H3,(H2,16,17,18,19). The quantitative estimate of drug-likeness (QED) is 0.773. The van der Waals surface area contributed by atoms with Crippen molar-refractivity contribution in [3.05, 3.63) is 11.2 Å². The highest BCUT2D eigenvalue weighted by atomic mass is 35.5. The molecular formula is C14H26ClN5. The van der Waals surface area contributed by atoms with Gasteiger partial charge in [0.05, 0.1) is 6.20 Å². The molecule has 0 saturated heterocycles. The van der Waals surface area contributed by atoms with E-state index in [9.17, 15) is 0 Å². The zero-order chi connectivity index (χ0) is 15.2. The van der Waals surface area contributed by atoms with Crippen molar-refractivity contribution < 1.29 is 0 Å². The molecule has 0 radical (unpaired) electrons. The first-order chi connectivity index (χ1) is 9.34. The lowest BCUT2D eigenvalue weighted by Gasteiger charge is -2.28. The first-order valence-electron chi connectivity index (χ1n) is 6.99. The van der Waals surface area contributed by atoms with E-state index in [4.69, 9.17) is 11.6 Å². The van der Waals surface area contributed by atoms with Crippen molar-refractivity contribution in [3.63, 3.8) is 0 Å². The summed E-state index contributed by atoms with van der Waals surface area (Å²) in [4.78, 5) is 10.8. The van der Waals surface area contributed by atoms with Gasteiger partial charge in [-0.25, -0.2) is 4.98 Å². The normalized spacial score (nSPS) is 11.8. The van der Waals surface area contributed by atoms with Crippen LogP contribution in [0.15, 0.2) is 6.20 Å². The van der Waals surface area contributed by atoms with Gasteiger partial charge in [-0.2, -0.15) is 4.98 Å². The highest BCUT2D eigenvalue weighted by Gasteiger charge is 2.19. The molecule has 0 aliphatic rings. The number of anilines is 2. The molecule has 0 amide bonds. The number of nitrogens with one attached hydrogen (secondary N) is 2. The molecule has 1 aromatic rings. The van der Waals surface area contributed by atoms with Gasteiger partial charge in [0.2, 0.25) is 5.95 Å². The van der Waals surface area contributed by atoms with Crippen LogP contribution in [0, 0.1) is 5.41 Å². The lowest BCUT2D eigenvalue weighted by Crippen LogP contribution is -2.34. The number of halogens is 1. The summed E-state index contributed by atoms with van der Waals surface area (Å²) in [6.45, 7) is 9.18. The van der Waals surface area contributed by atoms with Crippen LogP contribution < -0.4 is 10.6 Å². The third-order valence-corrected chi connectivity index (χ3v) is 3.03. The molecule has 0 aliphatic carbocycles. The predicted molar refractivity (Wildman–Crippen MR) is 86.6 cm³/mol. The third kappa shape index (κ3) is 5.92. The van der Waals surface area contributed by atoms with Gasteiger partial charge in [-0.3, -0.25) is 0 Å². The molecule has 0 aliphatic heterocycles. The van der Waals surface area contributed by atoms with E-state index in [1.165, 1.54) is 0 Å². The van der Waals surface area contributed by atoms with Crippen molar-refractivity contribution in [1.82, 2.24) is 14.9 Å². The lowest BCUT2D eigenvalue weighted by atomic mass is 9.93. The average Bonchev–Trinajstić information content (AvgIpc) is 2.34. The molecule has 1 rings (SSSR count). The molecule has 1 heterocycles. The molecule has 0 spiro atoms. The Kier molecular flexibility index (Phi) is 6.49. The second-order valence-corrected chi connectivity index (χ2v) is 6.48. The van der Waals surface area contributed by atoms with Crippen molar-refractivity contribution >= 4 is 23.4 Å². The fourth-order valence-electron chi connectivity index (χ4n) is 2.05. The maximum absolute atomic E-state index is 6.14. The van der Waals surface area contributed by atoms with Gasteiger partial charge in [-0.15, -0.1) is 0 Å². The first-order valence-corrected chi connectivity index (χ1v) is 7.37. The number of aromatic nitrogens is 2. The molecule has 0 atom stereocenters. The number of rotatable bonds is 8. The van der Waals surface area contributed by atoms with Crippen LogP contribution in [0.5, 0.6) is 0 Å². The van der Waals surface area contributed by atoms with Gasteiger partial charge >= 0.3 is 0 Å². The molecule has 0 aromatic carbocycles. The van der Waals surface area contributed by atoms with Crippen molar-refractivity contribution in [1.29, 1.82) is 0 Å². The molecule has 0 unspecified atom stereocenters. The fourth-order valence-corrected chi connectivity index (χ4v) is 2.21. The zero-order valence-corrected chi connectivity index (χ0v) is 13.9. The summed E-state index contributed by atoms with van der Waals surface area (Å²) in [7, 11) is 4.15. The maximum atomic E-state index is 6.14. The average molecular weight is 300 g/mol. The Labute approximate surface area is 127 Å². The SMILES string of the molecule is CCCNc1ncc(Cl)c(NCC(C)(C)CN(C)C)n1. The Balaban J connectivity index is 2.66. The monoisotopic (exact) mass is 299 g/mol.